The van der Waals surface area contributed by atoms with Crippen molar-refractivity contribution in [3.05, 3.63) is 66.7 Å². The molecule has 0 amide bonds. The van der Waals surface area contributed by atoms with Gasteiger partial charge in [-0.15, -0.1) is 6.58 Å². The summed E-state index contributed by atoms with van der Waals surface area (Å²) in [5, 5.41) is 8.85. The fourth-order valence-electron chi connectivity index (χ4n) is 2.47. The Morgan fingerprint density at radius 1 is 0.920 bits per heavy atom. The van der Waals surface area contributed by atoms with E-state index in [1.807, 2.05) is 54.2 Å². The standard InChI is InChI=1S/C22H25NOS/c1-2-3-4-5-6-16-25-17-15-24-22-13-11-21(12-14-22)20-9-7-19(18-23)8-10-20/h2,7-14H,1,3-6,15-17H2. The molecule has 0 fully saturated rings. The molecule has 0 unspecified atom stereocenters. The monoisotopic (exact) mass is 351 g/mol. The van der Waals surface area contributed by atoms with Gasteiger partial charge in [-0.05, 0) is 60.4 Å². The van der Waals surface area contributed by atoms with Gasteiger partial charge in [-0.1, -0.05) is 36.8 Å². The lowest BCUT2D eigenvalue weighted by Gasteiger charge is -2.07. The molecule has 2 rings (SSSR count). The van der Waals surface area contributed by atoms with Crippen LogP contribution in [0.15, 0.2) is 61.2 Å². The van der Waals surface area contributed by atoms with E-state index >= 15 is 0 Å². The maximum absolute atomic E-state index is 8.85. The van der Waals surface area contributed by atoms with Crippen LogP contribution in [-0.2, 0) is 0 Å². The predicted octanol–water partition coefficient (Wildman–Crippen LogP) is 6.08. The Morgan fingerprint density at radius 3 is 2.24 bits per heavy atom. The van der Waals surface area contributed by atoms with Crippen molar-refractivity contribution < 1.29 is 4.74 Å². The molecule has 2 aromatic rings. The zero-order valence-corrected chi connectivity index (χ0v) is 15.4. The minimum absolute atomic E-state index is 0.682. The van der Waals surface area contributed by atoms with Crippen LogP contribution in [0.4, 0.5) is 0 Å². The minimum Gasteiger partial charge on any atom is -0.493 e. The average Bonchev–Trinajstić information content (AvgIpc) is 2.67. The number of hydrogen-bond acceptors (Lipinski definition) is 3. The summed E-state index contributed by atoms with van der Waals surface area (Å²) in [6, 6.07) is 17.9. The molecule has 0 aromatic heterocycles. The SMILES string of the molecule is C=CCCCCCSCCOc1ccc(-c2ccc(C#N)cc2)cc1. The molecule has 0 aliphatic rings. The fraction of sp³-hybridized carbons (Fsp3) is 0.318. The maximum atomic E-state index is 8.85. The highest BCUT2D eigenvalue weighted by Gasteiger charge is 2.00. The second-order valence-electron chi connectivity index (χ2n) is 5.81. The third-order valence-corrected chi connectivity index (χ3v) is 4.93. The van der Waals surface area contributed by atoms with Gasteiger partial charge >= 0.3 is 0 Å². The highest BCUT2D eigenvalue weighted by atomic mass is 32.2. The summed E-state index contributed by atoms with van der Waals surface area (Å²) < 4.78 is 5.80. The first-order chi connectivity index (χ1) is 12.3. The van der Waals surface area contributed by atoms with Crippen molar-refractivity contribution in [3.63, 3.8) is 0 Å². The van der Waals surface area contributed by atoms with E-state index in [0.29, 0.717) is 5.56 Å². The first-order valence-electron chi connectivity index (χ1n) is 8.75. The summed E-state index contributed by atoms with van der Waals surface area (Å²) >= 11 is 1.96. The molecule has 0 radical (unpaired) electrons. The Hall–Kier alpha value is -2.18. The number of benzene rings is 2. The quantitative estimate of drug-likeness (QED) is 0.363. The van der Waals surface area contributed by atoms with Gasteiger partial charge in [0.2, 0.25) is 0 Å². The molecule has 130 valence electrons. The third-order valence-electron chi connectivity index (χ3n) is 3.89. The van der Waals surface area contributed by atoms with Crippen LogP contribution in [0.5, 0.6) is 5.75 Å². The summed E-state index contributed by atoms with van der Waals surface area (Å²) in [6.07, 6.45) is 6.94. The van der Waals surface area contributed by atoms with E-state index in [9.17, 15) is 0 Å². The molecule has 0 spiro atoms. The normalized spacial score (nSPS) is 10.2. The lowest BCUT2D eigenvalue weighted by Crippen LogP contribution is -2.00. The summed E-state index contributed by atoms with van der Waals surface area (Å²) in [4.78, 5) is 0. The molecule has 0 N–H and O–H groups in total. The van der Waals surface area contributed by atoms with Crippen molar-refractivity contribution in [2.75, 3.05) is 18.1 Å². The van der Waals surface area contributed by atoms with Gasteiger partial charge in [-0.25, -0.2) is 0 Å². The highest BCUT2D eigenvalue weighted by Crippen LogP contribution is 2.23. The largest absolute Gasteiger partial charge is 0.493 e. The zero-order valence-electron chi connectivity index (χ0n) is 14.6. The van der Waals surface area contributed by atoms with Crippen molar-refractivity contribution in [1.82, 2.24) is 0 Å². The summed E-state index contributed by atoms with van der Waals surface area (Å²) in [5.74, 6) is 3.14. The van der Waals surface area contributed by atoms with Crippen LogP contribution < -0.4 is 4.74 Å². The first kappa shape index (κ1) is 19.1. The van der Waals surface area contributed by atoms with Gasteiger partial charge in [0.15, 0.2) is 0 Å². The Balaban J connectivity index is 1.66. The van der Waals surface area contributed by atoms with Gasteiger partial charge in [-0.3, -0.25) is 0 Å². The van der Waals surface area contributed by atoms with Gasteiger partial charge in [-0.2, -0.15) is 17.0 Å². The lowest BCUT2D eigenvalue weighted by atomic mass is 10.0. The Labute approximate surface area is 155 Å². The summed E-state index contributed by atoms with van der Waals surface area (Å²) in [7, 11) is 0. The first-order valence-corrected chi connectivity index (χ1v) is 9.91. The van der Waals surface area contributed by atoms with Crippen LogP contribution in [-0.4, -0.2) is 18.1 Å². The molecule has 25 heavy (non-hydrogen) atoms. The number of allylic oxidation sites excluding steroid dienone is 1. The van der Waals surface area contributed by atoms with Crippen LogP contribution in [0.25, 0.3) is 11.1 Å². The van der Waals surface area contributed by atoms with Gasteiger partial charge in [0.25, 0.3) is 0 Å². The predicted molar refractivity (Wildman–Crippen MR) is 108 cm³/mol. The second kappa shape index (κ2) is 11.4. The number of hydrogen-bond donors (Lipinski definition) is 0. The second-order valence-corrected chi connectivity index (χ2v) is 7.04. The molecule has 2 aromatic carbocycles. The molecule has 0 bridgehead atoms. The van der Waals surface area contributed by atoms with Gasteiger partial charge in [0.05, 0.1) is 18.2 Å². The van der Waals surface area contributed by atoms with Crippen LogP contribution in [0.3, 0.4) is 0 Å². The van der Waals surface area contributed by atoms with Crippen molar-refractivity contribution in [1.29, 1.82) is 5.26 Å². The molecule has 0 saturated heterocycles. The van der Waals surface area contributed by atoms with E-state index in [1.54, 1.807) is 0 Å². The number of thioether (sulfide) groups is 1. The molecule has 0 heterocycles. The fourth-order valence-corrected chi connectivity index (χ4v) is 3.28. The van der Waals surface area contributed by atoms with Crippen molar-refractivity contribution in [2.45, 2.75) is 25.7 Å². The van der Waals surface area contributed by atoms with Crippen molar-refractivity contribution in [2.24, 2.45) is 0 Å². The van der Waals surface area contributed by atoms with Crippen LogP contribution in [0, 0.1) is 11.3 Å². The topological polar surface area (TPSA) is 33.0 Å². The van der Waals surface area contributed by atoms with E-state index in [2.05, 4.69) is 24.8 Å². The van der Waals surface area contributed by atoms with Crippen molar-refractivity contribution in [3.8, 4) is 22.9 Å². The van der Waals surface area contributed by atoms with Crippen LogP contribution in [0.1, 0.15) is 31.2 Å². The van der Waals surface area contributed by atoms with Gasteiger partial charge in [0.1, 0.15) is 5.75 Å². The smallest absolute Gasteiger partial charge is 0.119 e. The number of ether oxygens (including phenoxy) is 1. The molecule has 0 saturated carbocycles. The van der Waals surface area contributed by atoms with Crippen molar-refractivity contribution >= 4 is 11.8 Å². The average molecular weight is 352 g/mol. The number of nitrogens with zero attached hydrogens (tertiary/aromatic N) is 1. The van der Waals surface area contributed by atoms with Gasteiger partial charge < -0.3 is 4.74 Å². The Bertz CT molecular complexity index is 671. The number of rotatable bonds is 11. The molecular weight excluding hydrogens is 326 g/mol. The Kier molecular flexibility index (Phi) is 8.72. The Morgan fingerprint density at radius 2 is 1.60 bits per heavy atom. The highest BCUT2D eigenvalue weighted by molar-refractivity contribution is 7.99. The van der Waals surface area contributed by atoms with Gasteiger partial charge in [0, 0.05) is 5.75 Å². The van der Waals surface area contributed by atoms with E-state index < -0.39 is 0 Å². The summed E-state index contributed by atoms with van der Waals surface area (Å²) in [5.41, 5.74) is 2.92. The molecule has 0 aliphatic carbocycles. The van der Waals surface area contributed by atoms with Crippen LogP contribution >= 0.6 is 11.8 Å². The molecule has 2 nitrogen and oxygen atoms in total. The van der Waals surface area contributed by atoms with E-state index in [1.165, 1.54) is 25.0 Å². The third kappa shape index (κ3) is 7.07. The van der Waals surface area contributed by atoms with Crippen LogP contribution in [0.2, 0.25) is 0 Å². The molecule has 0 aliphatic heterocycles. The molecule has 3 heteroatoms. The number of unbranched alkanes of at least 4 members (excludes halogenated alkanes) is 3. The van der Waals surface area contributed by atoms with E-state index in [4.69, 9.17) is 10.00 Å². The zero-order chi connectivity index (χ0) is 17.7. The summed E-state index contributed by atoms with van der Waals surface area (Å²) in [6.45, 7) is 4.49. The molecule has 0 atom stereocenters. The lowest BCUT2D eigenvalue weighted by molar-refractivity contribution is 0.344. The maximum Gasteiger partial charge on any atom is 0.119 e. The number of nitriles is 1. The van der Waals surface area contributed by atoms with E-state index in [0.717, 1.165) is 35.7 Å². The molecular formula is C22H25NOS. The van der Waals surface area contributed by atoms with E-state index in [-0.39, 0.29) is 0 Å². The minimum atomic E-state index is 0.682.